The summed E-state index contributed by atoms with van der Waals surface area (Å²) in [4.78, 5) is 11.9. The Labute approximate surface area is 107 Å². The van der Waals surface area contributed by atoms with Crippen molar-refractivity contribution in [2.45, 2.75) is 23.8 Å². The van der Waals surface area contributed by atoms with Crippen LogP contribution in [0.25, 0.3) is 0 Å². The Hall–Kier alpha value is -0.810. The van der Waals surface area contributed by atoms with Gasteiger partial charge in [-0.15, -0.1) is 23.4 Å². The predicted molar refractivity (Wildman–Crippen MR) is 64.1 cm³/mol. The molecule has 0 aromatic heterocycles. The topological polar surface area (TPSA) is 26.3 Å². The number of carbonyl (C=O) groups excluding carboxylic acids is 1. The first-order chi connectivity index (χ1) is 7.93. The van der Waals surface area contributed by atoms with Crippen LogP contribution >= 0.6 is 23.4 Å². The summed E-state index contributed by atoms with van der Waals surface area (Å²) in [5.74, 6) is -0.235. The second-order valence-electron chi connectivity index (χ2n) is 3.29. The number of rotatable bonds is 5. The average Bonchev–Trinajstić information content (AvgIpc) is 2.26. The first-order valence-electron chi connectivity index (χ1n) is 4.72. The van der Waals surface area contributed by atoms with Gasteiger partial charge in [0.15, 0.2) is 5.78 Å². The Bertz CT molecular complexity index is 412. The van der Waals surface area contributed by atoms with Crippen LogP contribution in [0, 0.1) is 0 Å². The van der Waals surface area contributed by atoms with Crippen LogP contribution in [-0.2, 0) is 4.79 Å². The molecule has 1 unspecified atom stereocenters. The van der Waals surface area contributed by atoms with E-state index in [1.54, 1.807) is 12.3 Å². The summed E-state index contributed by atoms with van der Waals surface area (Å²) < 4.78 is 28.5. The minimum Gasteiger partial charge on any atom is -0.435 e. The van der Waals surface area contributed by atoms with Gasteiger partial charge in [-0.05, 0) is 36.9 Å². The molecule has 0 radical (unpaired) electrons. The third-order valence-electron chi connectivity index (χ3n) is 2.01. The van der Waals surface area contributed by atoms with Gasteiger partial charge in [0.05, 0.1) is 0 Å². The number of halogens is 3. The fraction of sp³-hybridized carbons (Fsp3) is 0.364. The number of Topliss-reactive ketones (excluding diaryl/α,β-unsaturated/α-hetero) is 1. The monoisotopic (exact) mass is 280 g/mol. The number of hydrogen-bond donors (Lipinski definition) is 0. The third kappa shape index (κ3) is 4.16. The molecule has 0 saturated heterocycles. The van der Waals surface area contributed by atoms with E-state index in [4.69, 9.17) is 11.6 Å². The van der Waals surface area contributed by atoms with E-state index in [0.29, 0.717) is 10.5 Å². The highest BCUT2D eigenvalue weighted by atomic mass is 35.5. The molecule has 0 aliphatic heterocycles. The Kier molecular flexibility index (Phi) is 5.21. The van der Waals surface area contributed by atoms with E-state index in [-0.39, 0.29) is 11.5 Å². The SMILES string of the molecule is CSc1cc(OC(F)F)cc(C(Cl)C(C)=O)c1. The fourth-order valence-electron chi connectivity index (χ4n) is 1.26. The summed E-state index contributed by atoms with van der Waals surface area (Å²) in [6.07, 6.45) is 1.79. The van der Waals surface area contributed by atoms with Crippen LogP contribution < -0.4 is 4.74 Å². The summed E-state index contributed by atoms with van der Waals surface area (Å²) in [5, 5.41) is -0.845. The van der Waals surface area contributed by atoms with Crippen LogP contribution in [0.15, 0.2) is 23.1 Å². The lowest BCUT2D eigenvalue weighted by atomic mass is 10.1. The average molecular weight is 281 g/mol. The summed E-state index contributed by atoms with van der Waals surface area (Å²) in [5.41, 5.74) is 0.460. The number of carbonyl (C=O) groups is 1. The minimum atomic E-state index is -2.90. The van der Waals surface area contributed by atoms with Gasteiger partial charge in [-0.2, -0.15) is 8.78 Å². The van der Waals surface area contributed by atoms with Crippen molar-refractivity contribution in [1.82, 2.24) is 0 Å². The number of benzene rings is 1. The number of hydrogen-bond acceptors (Lipinski definition) is 3. The second-order valence-corrected chi connectivity index (χ2v) is 4.61. The fourth-order valence-corrected chi connectivity index (χ4v) is 1.88. The molecule has 0 aliphatic rings. The number of alkyl halides is 3. The standard InChI is InChI=1S/C11H11ClF2O2S/c1-6(15)10(12)7-3-8(16-11(13)14)5-9(4-7)17-2/h3-5,10-11H,1-2H3. The van der Waals surface area contributed by atoms with Gasteiger partial charge in [0.1, 0.15) is 11.1 Å². The zero-order valence-electron chi connectivity index (χ0n) is 9.25. The van der Waals surface area contributed by atoms with Crippen LogP contribution in [0.5, 0.6) is 5.75 Å². The molecule has 0 bridgehead atoms. The van der Waals surface area contributed by atoms with Gasteiger partial charge in [0.2, 0.25) is 0 Å². The molecule has 1 aromatic carbocycles. The molecule has 1 aromatic rings. The van der Waals surface area contributed by atoms with Gasteiger partial charge >= 0.3 is 6.61 Å². The zero-order valence-corrected chi connectivity index (χ0v) is 10.8. The molecule has 1 atom stereocenters. The van der Waals surface area contributed by atoms with Crippen LogP contribution in [-0.4, -0.2) is 18.7 Å². The van der Waals surface area contributed by atoms with Crippen molar-refractivity contribution in [2.24, 2.45) is 0 Å². The van der Waals surface area contributed by atoms with Crippen molar-refractivity contribution in [3.63, 3.8) is 0 Å². The van der Waals surface area contributed by atoms with E-state index >= 15 is 0 Å². The Morgan fingerprint density at radius 3 is 2.53 bits per heavy atom. The maximum atomic E-state index is 12.1. The molecule has 17 heavy (non-hydrogen) atoms. The lowest BCUT2D eigenvalue weighted by Crippen LogP contribution is -2.05. The van der Waals surface area contributed by atoms with Gasteiger partial charge in [-0.25, -0.2) is 0 Å². The van der Waals surface area contributed by atoms with Gasteiger partial charge in [0, 0.05) is 4.90 Å². The summed E-state index contributed by atoms with van der Waals surface area (Å²) in [6, 6.07) is 4.51. The van der Waals surface area contributed by atoms with E-state index in [2.05, 4.69) is 4.74 Å². The molecule has 2 nitrogen and oxygen atoms in total. The van der Waals surface area contributed by atoms with Crippen molar-refractivity contribution in [1.29, 1.82) is 0 Å². The Balaban J connectivity index is 3.08. The second kappa shape index (κ2) is 6.21. The molecule has 94 valence electrons. The van der Waals surface area contributed by atoms with Crippen LogP contribution in [0.4, 0.5) is 8.78 Å². The molecular weight excluding hydrogens is 270 g/mol. The van der Waals surface area contributed by atoms with E-state index < -0.39 is 12.0 Å². The molecular formula is C11H11ClF2O2S. The molecule has 0 fully saturated rings. The lowest BCUT2D eigenvalue weighted by Gasteiger charge is -2.11. The van der Waals surface area contributed by atoms with E-state index in [9.17, 15) is 13.6 Å². The van der Waals surface area contributed by atoms with E-state index in [1.807, 2.05) is 0 Å². The number of ether oxygens (including phenoxy) is 1. The molecule has 0 N–H and O–H groups in total. The van der Waals surface area contributed by atoms with Crippen molar-refractivity contribution in [3.05, 3.63) is 23.8 Å². The number of ketones is 1. The molecule has 0 amide bonds. The first kappa shape index (κ1) is 14.3. The normalized spacial score (nSPS) is 12.6. The van der Waals surface area contributed by atoms with Crippen LogP contribution in [0.1, 0.15) is 17.9 Å². The van der Waals surface area contributed by atoms with E-state index in [0.717, 1.165) is 0 Å². The third-order valence-corrected chi connectivity index (χ3v) is 3.28. The predicted octanol–water partition coefficient (Wildman–Crippen LogP) is 3.88. The van der Waals surface area contributed by atoms with Crippen molar-refractivity contribution < 1.29 is 18.3 Å². The van der Waals surface area contributed by atoms with Crippen LogP contribution in [0.2, 0.25) is 0 Å². The largest absolute Gasteiger partial charge is 0.435 e. The van der Waals surface area contributed by atoms with Crippen molar-refractivity contribution in [2.75, 3.05) is 6.26 Å². The summed E-state index contributed by atoms with van der Waals surface area (Å²) in [6.45, 7) is -1.55. The first-order valence-corrected chi connectivity index (χ1v) is 6.38. The summed E-state index contributed by atoms with van der Waals surface area (Å²) in [7, 11) is 0. The zero-order chi connectivity index (χ0) is 13.0. The Morgan fingerprint density at radius 2 is 2.06 bits per heavy atom. The summed E-state index contributed by atoms with van der Waals surface area (Å²) >= 11 is 7.24. The smallest absolute Gasteiger partial charge is 0.387 e. The van der Waals surface area contributed by atoms with E-state index in [1.165, 1.54) is 30.8 Å². The molecule has 0 spiro atoms. The highest BCUT2D eigenvalue weighted by molar-refractivity contribution is 7.98. The Morgan fingerprint density at radius 1 is 1.41 bits per heavy atom. The molecule has 1 rings (SSSR count). The van der Waals surface area contributed by atoms with Crippen molar-refractivity contribution in [3.8, 4) is 5.75 Å². The number of thioether (sulfide) groups is 1. The minimum absolute atomic E-state index is 0.00810. The van der Waals surface area contributed by atoms with Gasteiger partial charge in [0.25, 0.3) is 0 Å². The molecule has 0 aliphatic carbocycles. The highest BCUT2D eigenvalue weighted by Gasteiger charge is 2.16. The van der Waals surface area contributed by atoms with Crippen LogP contribution in [0.3, 0.4) is 0 Å². The van der Waals surface area contributed by atoms with Crippen molar-refractivity contribution >= 4 is 29.1 Å². The quantitative estimate of drug-likeness (QED) is 0.605. The molecule has 0 heterocycles. The lowest BCUT2D eigenvalue weighted by molar-refractivity contribution is -0.116. The maximum absolute atomic E-state index is 12.1. The molecule has 6 heteroatoms. The maximum Gasteiger partial charge on any atom is 0.387 e. The highest BCUT2D eigenvalue weighted by Crippen LogP contribution is 2.31. The van der Waals surface area contributed by atoms with Gasteiger partial charge in [-0.3, -0.25) is 4.79 Å². The van der Waals surface area contributed by atoms with Gasteiger partial charge < -0.3 is 4.74 Å². The van der Waals surface area contributed by atoms with Gasteiger partial charge in [-0.1, -0.05) is 0 Å². The molecule has 0 saturated carbocycles.